The predicted molar refractivity (Wildman–Crippen MR) is 93.4 cm³/mol. The van der Waals surface area contributed by atoms with Gasteiger partial charge in [-0.25, -0.2) is 9.59 Å². The number of halogens is 1. The fraction of sp³-hybridized carbons (Fsp3) is 0.222. The zero-order valence-corrected chi connectivity index (χ0v) is 14.8. The van der Waals surface area contributed by atoms with E-state index in [1.807, 2.05) is 54.6 Å². The van der Waals surface area contributed by atoms with Crippen LogP contribution in [0.25, 0.3) is 0 Å². The van der Waals surface area contributed by atoms with Gasteiger partial charge in [0.2, 0.25) is 0 Å². The molecule has 1 amide bonds. The van der Waals surface area contributed by atoms with Crippen LogP contribution in [0.15, 0.2) is 59.1 Å². The summed E-state index contributed by atoms with van der Waals surface area (Å²) < 4.78 is 10.8. The van der Waals surface area contributed by atoms with Crippen LogP contribution in [0.3, 0.4) is 0 Å². The van der Waals surface area contributed by atoms with Crippen LogP contribution < -0.4 is 5.32 Å². The zero-order chi connectivity index (χ0) is 17.4. The fourth-order valence-electron chi connectivity index (χ4n) is 2.13. The summed E-state index contributed by atoms with van der Waals surface area (Å²) in [7, 11) is 1.28. The summed E-state index contributed by atoms with van der Waals surface area (Å²) in [6.07, 6.45) is -0.365. The molecule has 0 unspecified atom stereocenters. The minimum absolute atomic E-state index is 0.135. The Morgan fingerprint density at radius 1 is 1.08 bits per heavy atom. The van der Waals surface area contributed by atoms with Gasteiger partial charge in [-0.05, 0) is 17.2 Å². The number of carbonyl (C=O) groups excluding carboxylic acids is 2. The second-order valence-electron chi connectivity index (χ2n) is 5.08. The Balaban J connectivity index is 1.97. The Labute approximate surface area is 149 Å². The van der Waals surface area contributed by atoms with Crippen molar-refractivity contribution in [3.8, 4) is 0 Å². The summed E-state index contributed by atoms with van der Waals surface area (Å²) in [5.41, 5.74) is 1.75. The van der Waals surface area contributed by atoms with E-state index < -0.39 is 18.1 Å². The first-order valence-corrected chi connectivity index (χ1v) is 8.18. The van der Waals surface area contributed by atoms with Crippen LogP contribution in [0.4, 0.5) is 4.79 Å². The number of esters is 1. The van der Waals surface area contributed by atoms with E-state index >= 15 is 0 Å². The van der Waals surface area contributed by atoms with E-state index in [1.165, 1.54) is 7.11 Å². The number of carbonyl (C=O) groups is 2. The van der Waals surface area contributed by atoms with E-state index in [0.29, 0.717) is 6.42 Å². The molecule has 0 radical (unpaired) electrons. The molecule has 0 aliphatic carbocycles. The molecule has 1 atom stereocenters. The van der Waals surface area contributed by atoms with Crippen LogP contribution >= 0.6 is 15.9 Å². The second-order valence-corrected chi connectivity index (χ2v) is 5.93. The maximum Gasteiger partial charge on any atom is 0.408 e. The van der Waals surface area contributed by atoms with E-state index in [9.17, 15) is 9.59 Å². The van der Waals surface area contributed by atoms with E-state index in [2.05, 4.69) is 21.2 Å². The van der Waals surface area contributed by atoms with Crippen LogP contribution in [-0.4, -0.2) is 25.2 Å². The lowest BCUT2D eigenvalue weighted by atomic mass is 10.1. The lowest BCUT2D eigenvalue weighted by Gasteiger charge is -2.17. The van der Waals surface area contributed by atoms with Crippen LogP contribution in [0.2, 0.25) is 0 Å². The van der Waals surface area contributed by atoms with Crippen LogP contribution in [0, 0.1) is 0 Å². The number of alkyl carbamates (subject to hydrolysis) is 1. The van der Waals surface area contributed by atoms with E-state index in [-0.39, 0.29) is 6.61 Å². The first-order chi connectivity index (χ1) is 11.6. The molecule has 0 spiro atoms. The monoisotopic (exact) mass is 391 g/mol. The number of hydrogen-bond acceptors (Lipinski definition) is 4. The van der Waals surface area contributed by atoms with Gasteiger partial charge in [0.05, 0.1) is 7.11 Å². The first kappa shape index (κ1) is 18.0. The third kappa shape index (κ3) is 5.38. The molecule has 126 valence electrons. The van der Waals surface area contributed by atoms with Crippen molar-refractivity contribution in [3.05, 3.63) is 70.2 Å². The third-order valence-corrected chi connectivity index (χ3v) is 4.15. The SMILES string of the molecule is COC(=O)[C@H](Cc1ccccc1Br)NC(=O)OCc1ccccc1. The average Bonchev–Trinajstić information content (AvgIpc) is 2.61. The number of methoxy groups -OCH3 is 1. The standard InChI is InChI=1S/C18H18BrNO4/c1-23-17(21)16(11-14-9-5-6-10-15(14)19)20-18(22)24-12-13-7-3-2-4-8-13/h2-10,16H,11-12H2,1H3,(H,20,22)/t16-/m0/s1. The van der Waals surface area contributed by atoms with Gasteiger partial charge in [0.25, 0.3) is 0 Å². The molecule has 0 aliphatic rings. The van der Waals surface area contributed by atoms with Gasteiger partial charge < -0.3 is 14.8 Å². The van der Waals surface area contributed by atoms with Gasteiger partial charge >= 0.3 is 12.1 Å². The Kier molecular flexibility index (Phi) is 6.81. The Morgan fingerprint density at radius 3 is 2.42 bits per heavy atom. The number of ether oxygens (including phenoxy) is 2. The van der Waals surface area contributed by atoms with Crippen molar-refractivity contribution in [2.45, 2.75) is 19.1 Å². The predicted octanol–water partition coefficient (Wildman–Crippen LogP) is 3.46. The highest BCUT2D eigenvalue weighted by atomic mass is 79.9. The average molecular weight is 392 g/mol. The number of hydrogen-bond donors (Lipinski definition) is 1. The minimum atomic E-state index is -0.822. The van der Waals surface area contributed by atoms with Gasteiger partial charge in [0.15, 0.2) is 0 Å². The van der Waals surface area contributed by atoms with Gasteiger partial charge in [0.1, 0.15) is 12.6 Å². The summed E-state index contributed by atoms with van der Waals surface area (Å²) in [6, 6.07) is 16.0. The molecular weight excluding hydrogens is 374 g/mol. The van der Waals surface area contributed by atoms with Crippen molar-refractivity contribution in [2.24, 2.45) is 0 Å². The summed E-state index contributed by atoms with van der Waals surface area (Å²) in [5, 5.41) is 2.56. The molecule has 24 heavy (non-hydrogen) atoms. The molecular formula is C18H18BrNO4. The van der Waals surface area contributed by atoms with Gasteiger partial charge in [0, 0.05) is 10.9 Å². The molecule has 0 bridgehead atoms. The maximum atomic E-state index is 12.0. The number of nitrogens with one attached hydrogen (secondary N) is 1. The summed E-state index contributed by atoms with van der Waals surface area (Å²) in [6.45, 7) is 0.135. The second kappa shape index (κ2) is 9.08. The fourth-order valence-corrected chi connectivity index (χ4v) is 2.57. The quantitative estimate of drug-likeness (QED) is 0.765. The van der Waals surface area contributed by atoms with Crippen LogP contribution in [0.5, 0.6) is 0 Å². The zero-order valence-electron chi connectivity index (χ0n) is 13.2. The largest absolute Gasteiger partial charge is 0.467 e. The Morgan fingerprint density at radius 2 is 1.75 bits per heavy atom. The van der Waals surface area contributed by atoms with Gasteiger partial charge in [-0.3, -0.25) is 0 Å². The molecule has 1 N–H and O–H groups in total. The molecule has 2 rings (SSSR count). The molecule has 0 aliphatic heterocycles. The highest BCUT2D eigenvalue weighted by molar-refractivity contribution is 9.10. The number of amides is 1. The number of benzene rings is 2. The molecule has 0 fully saturated rings. The molecule has 0 aromatic heterocycles. The summed E-state index contributed by atoms with van der Waals surface area (Å²) in [5.74, 6) is -0.526. The highest BCUT2D eigenvalue weighted by Gasteiger charge is 2.23. The van der Waals surface area contributed by atoms with Crippen molar-refractivity contribution in [1.29, 1.82) is 0 Å². The smallest absolute Gasteiger partial charge is 0.408 e. The summed E-state index contributed by atoms with van der Waals surface area (Å²) >= 11 is 3.43. The van der Waals surface area contributed by atoms with Crippen molar-refractivity contribution >= 4 is 28.0 Å². The molecule has 0 saturated carbocycles. The van der Waals surface area contributed by atoms with E-state index in [4.69, 9.17) is 9.47 Å². The van der Waals surface area contributed by atoms with Crippen LogP contribution in [-0.2, 0) is 27.3 Å². The van der Waals surface area contributed by atoms with Crippen molar-refractivity contribution in [1.82, 2.24) is 5.32 Å². The Hall–Kier alpha value is -2.34. The first-order valence-electron chi connectivity index (χ1n) is 7.38. The van der Waals surface area contributed by atoms with E-state index in [1.54, 1.807) is 0 Å². The molecule has 0 saturated heterocycles. The lowest BCUT2D eigenvalue weighted by molar-refractivity contribution is -0.143. The third-order valence-electron chi connectivity index (χ3n) is 3.37. The maximum absolute atomic E-state index is 12.0. The van der Waals surface area contributed by atoms with Crippen LogP contribution in [0.1, 0.15) is 11.1 Å². The van der Waals surface area contributed by atoms with E-state index in [0.717, 1.165) is 15.6 Å². The molecule has 2 aromatic carbocycles. The number of rotatable bonds is 6. The van der Waals surface area contributed by atoms with Crippen molar-refractivity contribution in [3.63, 3.8) is 0 Å². The van der Waals surface area contributed by atoms with Crippen molar-refractivity contribution < 1.29 is 19.1 Å². The topological polar surface area (TPSA) is 64.6 Å². The van der Waals surface area contributed by atoms with Gasteiger partial charge in [-0.2, -0.15) is 0 Å². The minimum Gasteiger partial charge on any atom is -0.467 e. The van der Waals surface area contributed by atoms with Gasteiger partial charge in [-0.15, -0.1) is 0 Å². The lowest BCUT2D eigenvalue weighted by Crippen LogP contribution is -2.43. The molecule has 6 heteroatoms. The van der Waals surface area contributed by atoms with Crippen molar-refractivity contribution in [2.75, 3.05) is 7.11 Å². The van der Waals surface area contributed by atoms with Gasteiger partial charge in [-0.1, -0.05) is 64.5 Å². The summed E-state index contributed by atoms with van der Waals surface area (Å²) in [4.78, 5) is 23.9. The highest BCUT2D eigenvalue weighted by Crippen LogP contribution is 2.18. The Bertz CT molecular complexity index is 690. The molecule has 0 heterocycles. The molecule has 2 aromatic rings. The normalized spacial score (nSPS) is 11.4. The molecule has 5 nitrogen and oxygen atoms in total.